The van der Waals surface area contributed by atoms with Gasteiger partial charge in [-0.1, -0.05) is 29.8 Å². The lowest BCUT2D eigenvalue weighted by molar-refractivity contribution is 0.00881. The highest BCUT2D eigenvalue weighted by atomic mass is 16.5. The van der Waals surface area contributed by atoms with Crippen LogP contribution in [0.15, 0.2) is 24.3 Å². The molecule has 1 aliphatic rings. The molecule has 1 aromatic rings. The predicted octanol–water partition coefficient (Wildman–Crippen LogP) is 1.91. The number of ether oxygens (including phenoxy) is 1. The molecule has 2 atom stereocenters. The molecular formula is C13H19NO. The van der Waals surface area contributed by atoms with Gasteiger partial charge in [-0.3, -0.25) is 0 Å². The maximum absolute atomic E-state index is 5.76. The van der Waals surface area contributed by atoms with E-state index >= 15 is 0 Å². The van der Waals surface area contributed by atoms with E-state index in [9.17, 15) is 0 Å². The van der Waals surface area contributed by atoms with Gasteiger partial charge >= 0.3 is 0 Å². The molecule has 1 aliphatic heterocycles. The van der Waals surface area contributed by atoms with E-state index in [1.165, 1.54) is 11.1 Å². The van der Waals surface area contributed by atoms with E-state index in [1.54, 1.807) is 0 Å². The molecular weight excluding hydrogens is 186 g/mol. The monoisotopic (exact) mass is 205 g/mol. The number of morpholine rings is 1. The number of rotatable bonds is 2. The van der Waals surface area contributed by atoms with Gasteiger partial charge in [-0.25, -0.2) is 0 Å². The molecule has 1 fully saturated rings. The standard InChI is InChI=1S/C13H19NO/c1-10-3-5-12(6-4-10)7-13-8-14-11(2)9-15-13/h3-6,11,13-14H,7-9H2,1-2H3. The molecule has 82 valence electrons. The minimum absolute atomic E-state index is 0.337. The third-order valence-electron chi connectivity index (χ3n) is 2.86. The van der Waals surface area contributed by atoms with Crippen molar-refractivity contribution in [2.75, 3.05) is 13.2 Å². The van der Waals surface area contributed by atoms with Crippen LogP contribution in [0.1, 0.15) is 18.1 Å². The van der Waals surface area contributed by atoms with Crippen molar-refractivity contribution in [2.24, 2.45) is 0 Å². The molecule has 0 amide bonds. The highest BCUT2D eigenvalue weighted by Gasteiger charge is 2.17. The van der Waals surface area contributed by atoms with Crippen molar-refractivity contribution in [1.82, 2.24) is 5.32 Å². The smallest absolute Gasteiger partial charge is 0.0740 e. The molecule has 2 unspecified atom stereocenters. The Hall–Kier alpha value is -0.860. The molecule has 1 N–H and O–H groups in total. The van der Waals surface area contributed by atoms with E-state index in [-0.39, 0.29) is 0 Å². The summed E-state index contributed by atoms with van der Waals surface area (Å²) in [7, 11) is 0. The first-order valence-electron chi connectivity index (χ1n) is 5.64. The predicted molar refractivity (Wildman–Crippen MR) is 62.1 cm³/mol. The van der Waals surface area contributed by atoms with Crippen LogP contribution in [0.25, 0.3) is 0 Å². The van der Waals surface area contributed by atoms with Crippen LogP contribution in [0, 0.1) is 6.92 Å². The van der Waals surface area contributed by atoms with Crippen LogP contribution in [-0.2, 0) is 11.2 Å². The Morgan fingerprint density at radius 1 is 1.33 bits per heavy atom. The zero-order valence-corrected chi connectivity index (χ0v) is 9.49. The first kappa shape index (κ1) is 10.7. The summed E-state index contributed by atoms with van der Waals surface area (Å²) < 4.78 is 5.76. The molecule has 0 aliphatic carbocycles. The number of hydrogen-bond donors (Lipinski definition) is 1. The summed E-state index contributed by atoms with van der Waals surface area (Å²) >= 11 is 0. The molecule has 2 rings (SSSR count). The summed E-state index contributed by atoms with van der Waals surface area (Å²) in [5.74, 6) is 0. The Morgan fingerprint density at radius 2 is 2.07 bits per heavy atom. The van der Waals surface area contributed by atoms with Crippen LogP contribution >= 0.6 is 0 Å². The SMILES string of the molecule is Cc1ccc(CC2CNC(C)CO2)cc1. The Morgan fingerprint density at radius 3 is 2.67 bits per heavy atom. The fourth-order valence-corrected chi connectivity index (χ4v) is 1.85. The van der Waals surface area contributed by atoms with Crippen molar-refractivity contribution >= 4 is 0 Å². The van der Waals surface area contributed by atoms with E-state index < -0.39 is 0 Å². The fraction of sp³-hybridized carbons (Fsp3) is 0.538. The Balaban J connectivity index is 1.89. The molecule has 1 heterocycles. The van der Waals surface area contributed by atoms with Crippen molar-refractivity contribution in [3.8, 4) is 0 Å². The average molecular weight is 205 g/mol. The summed E-state index contributed by atoms with van der Waals surface area (Å²) in [5.41, 5.74) is 2.68. The lowest BCUT2D eigenvalue weighted by atomic mass is 10.1. The number of aryl methyl sites for hydroxylation is 1. The molecule has 0 radical (unpaired) electrons. The molecule has 0 saturated carbocycles. The van der Waals surface area contributed by atoms with Gasteiger partial charge in [-0.05, 0) is 25.8 Å². The van der Waals surface area contributed by atoms with Crippen LogP contribution in [0.5, 0.6) is 0 Å². The summed E-state index contributed by atoms with van der Waals surface area (Å²) in [6.45, 7) is 6.07. The zero-order chi connectivity index (χ0) is 10.7. The maximum atomic E-state index is 5.76. The second-order valence-corrected chi connectivity index (χ2v) is 4.45. The average Bonchev–Trinajstić information content (AvgIpc) is 2.25. The van der Waals surface area contributed by atoms with Gasteiger partial charge in [0.05, 0.1) is 12.7 Å². The van der Waals surface area contributed by atoms with Gasteiger partial charge in [-0.2, -0.15) is 0 Å². The van der Waals surface area contributed by atoms with Crippen molar-refractivity contribution in [3.05, 3.63) is 35.4 Å². The van der Waals surface area contributed by atoms with E-state index in [0.29, 0.717) is 12.1 Å². The van der Waals surface area contributed by atoms with Crippen LogP contribution in [0.4, 0.5) is 0 Å². The maximum Gasteiger partial charge on any atom is 0.0740 e. The van der Waals surface area contributed by atoms with E-state index in [2.05, 4.69) is 43.4 Å². The Bertz CT molecular complexity index is 299. The lowest BCUT2D eigenvalue weighted by Gasteiger charge is -2.28. The van der Waals surface area contributed by atoms with Crippen molar-refractivity contribution in [1.29, 1.82) is 0 Å². The summed E-state index contributed by atoms with van der Waals surface area (Å²) in [6.07, 6.45) is 1.35. The van der Waals surface area contributed by atoms with Crippen molar-refractivity contribution in [2.45, 2.75) is 32.4 Å². The fourth-order valence-electron chi connectivity index (χ4n) is 1.85. The topological polar surface area (TPSA) is 21.3 Å². The number of nitrogens with one attached hydrogen (secondary N) is 1. The number of hydrogen-bond acceptors (Lipinski definition) is 2. The molecule has 1 saturated heterocycles. The normalized spacial score (nSPS) is 26.5. The molecule has 2 nitrogen and oxygen atoms in total. The minimum atomic E-state index is 0.337. The number of benzene rings is 1. The third kappa shape index (κ3) is 3.05. The third-order valence-corrected chi connectivity index (χ3v) is 2.86. The Kier molecular flexibility index (Phi) is 3.39. The second kappa shape index (κ2) is 4.77. The van der Waals surface area contributed by atoms with Gasteiger partial charge in [0, 0.05) is 12.6 Å². The van der Waals surface area contributed by atoms with Gasteiger partial charge in [0.25, 0.3) is 0 Å². The molecule has 1 aromatic carbocycles. The first-order chi connectivity index (χ1) is 7.24. The Labute approximate surface area is 91.6 Å². The van der Waals surface area contributed by atoms with Gasteiger partial charge < -0.3 is 10.1 Å². The highest BCUT2D eigenvalue weighted by molar-refractivity contribution is 5.21. The zero-order valence-electron chi connectivity index (χ0n) is 9.49. The van der Waals surface area contributed by atoms with E-state index in [1.807, 2.05) is 0 Å². The van der Waals surface area contributed by atoms with Crippen molar-refractivity contribution in [3.63, 3.8) is 0 Å². The van der Waals surface area contributed by atoms with Gasteiger partial charge in [0.15, 0.2) is 0 Å². The first-order valence-corrected chi connectivity index (χ1v) is 5.64. The van der Waals surface area contributed by atoms with Gasteiger partial charge in [0.2, 0.25) is 0 Å². The minimum Gasteiger partial charge on any atom is -0.375 e. The second-order valence-electron chi connectivity index (χ2n) is 4.45. The lowest BCUT2D eigenvalue weighted by Crippen LogP contribution is -2.45. The molecule has 15 heavy (non-hydrogen) atoms. The largest absolute Gasteiger partial charge is 0.375 e. The van der Waals surface area contributed by atoms with E-state index in [0.717, 1.165) is 19.6 Å². The van der Waals surface area contributed by atoms with Crippen LogP contribution in [0.2, 0.25) is 0 Å². The quantitative estimate of drug-likeness (QED) is 0.796. The highest BCUT2D eigenvalue weighted by Crippen LogP contribution is 2.10. The summed E-state index contributed by atoms with van der Waals surface area (Å²) in [6, 6.07) is 9.20. The van der Waals surface area contributed by atoms with E-state index in [4.69, 9.17) is 4.74 Å². The molecule has 2 heteroatoms. The van der Waals surface area contributed by atoms with Gasteiger partial charge in [0.1, 0.15) is 0 Å². The summed E-state index contributed by atoms with van der Waals surface area (Å²) in [4.78, 5) is 0. The van der Waals surface area contributed by atoms with Crippen LogP contribution in [-0.4, -0.2) is 25.3 Å². The molecule has 0 spiro atoms. The molecule has 0 aromatic heterocycles. The van der Waals surface area contributed by atoms with Crippen molar-refractivity contribution < 1.29 is 4.74 Å². The van der Waals surface area contributed by atoms with Crippen LogP contribution < -0.4 is 5.32 Å². The van der Waals surface area contributed by atoms with Crippen LogP contribution in [0.3, 0.4) is 0 Å². The van der Waals surface area contributed by atoms with Gasteiger partial charge in [-0.15, -0.1) is 0 Å². The molecule has 0 bridgehead atoms. The summed E-state index contributed by atoms with van der Waals surface area (Å²) in [5, 5.41) is 3.44.